The Kier molecular flexibility index (Phi) is 5.30. The van der Waals surface area contributed by atoms with Gasteiger partial charge in [-0.1, -0.05) is 18.9 Å². The van der Waals surface area contributed by atoms with Crippen LogP contribution in [0.15, 0.2) is 18.2 Å². The standard InChI is InChI=1S/C17H24FNO/c1-13-7-8-16(18)11-15(13)12-19-9-5-3-4-6-17(19)10-14(2)20/h7-8,11,17H,3-6,9-10,12H2,1-2H3. The smallest absolute Gasteiger partial charge is 0.131 e. The first-order valence-corrected chi connectivity index (χ1v) is 7.55. The number of ketones is 1. The molecule has 1 aliphatic rings. The molecule has 1 heterocycles. The van der Waals surface area contributed by atoms with Crippen LogP contribution in [0, 0.1) is 12.7 Å². The third-order valence-corrected chi connectivity index (χ3v) is 4.21. The molecule has 110 valence electrons. The summed E-state index contributed by atoms with van der Waals surface area (Å²) in [6.07, 6.45) is 5.29. The molecule has 0 aromatic heterocycles. The maximum atomic E-state index is 13.4. The van der Waals surface area contributed by atoms with Crippen LogP contribution in [0.5, 0.6) is 0 Å². The molecule has 2 nitrogen and oxygen atoms in total. The van der Waals surface area contributed by atoms with Crippen LogP contribution < -0.4 is 0 Å². The van der Waals surface area contributed by atoms with E-state index in [1.54, 1.807) is 13.0 Å². The summed E-state index contributed by atoms with van der Waals surface area (Å²) < 4.78 is 13.4. The number of carbonyl (C=O) groups is 1. The molecule has 1 atom stereocenters. The summed E-state index contributed by atoms with van der Waals surface area (Å²) >= 11 is 0. The van der Waals surface area contributed by atoms with Crippen molar-refractivity contribution < 1.29 is 9.18 Å². The molecule has 1 fully saturated rings. The molecule has 1 aromatic rings. The van der Waals surface area contributed by atoms with Crippen LogP contribution in [0.25, 0.3) is 0 Å². The Morgan fingerprint density at radius 3 is 2.90 bits per heavy atom. The van der Waals surface area contributed by atoms with Crippen molar-refractivity contribution in [1.82, 2.24) is 4.90 Å². The van der Waals surface area contributed by atoms with E-state index >= 15 is 0 Å². The number of likely N-dealkylation sites (tertiary alicyclic amines) is 1. The quantitative estimate of drug-likeness (QED) is 0.833. The second kappa shape index (κ2) is 6.98. The monoisotopic (exact) mass is 277 g/mol. The molecule has 1 aliphatic heterocycles. The highest BCUT2D eigenvalue weighted by molar-refractivity contribution is 5.76. The molecule has 0 saturated carbocycles. The molecule has 0 bridgehead atoms. The molecule has 0 amide bonds. The van der Waals surface area contributed by atoms with Crippen molar-refractivity contribution in [2.24, 2.45) is 0 Å². The lowest BCUT2D eigenvalue weighted by atomic mass is 10.0. The van der Waals surface area contributed by atoms with Crippen LogP contribution in [-0.4, -0.2) is 23.3 Å². The van der Waals surface area contributed by atoms with Gasteiger partial charge in [-0.2, -0.15) is 0 Å². The van der Waals surface area contributed by atoms with Gasteiger partial charge in [0.2, 0.25) is 0 Å². The van der Waals surface area contributed by atoms with Gasteiger partial charge in [-0.05, 0) is 56.5 Å². The second-order valence-electron chi connectivity index (χ2n) is 5.95. The Labute approximate surface area is 121 Å². The highest BCUT2D eigenvalue weighted by Crippen LogP contribution is 2.23. The Morgan fingerprint density at radius 1 is 1.35 bits per heavy atom. The van der Waals surface area contributed by atoms with Crippen molar-refractivity contribution >= 4 is 5.78 Å². The van der Waals surface area contributed by atoms with Gasteiger partial charge in [-0.15, -0.1) is 0 Å². The van der Waals surface area contributed by atoms with Crippen LogP contribution in [0.2, 0.25) is 0 Å². The molecule has 20 heavy (non-hydrogen) atoms. The number of halogens is 1. The van der Waals surface area contributed by atoms with E-state index in [9.17, 15) is 9.18 Å². The normalized spacial score (nSPS) is 20.6. The Hall–Kier alpha value is -1.22. The van der Waals surface area contributed by atoms with Gasteiger partial charge in [0.05, 0.1) is 0 Å². The summed E-state index contributed by atoms with van der Waals surface area (Å²) in [5.74, 6) is 0.0707. The number of hydrogen-bond acceptors (Lipinski definition) is 2. The lowest BCUT2D eigenvalue weighted by Crippen LogP contribution is -2.35. The minimum absolute atomic E-state index is 0.177. The van der Waals surface area contributed by atoms with Crippen LogP contribution in [0.3, 0.4) is 0 Å². The van der Waals surface area contributed by atoms with Gasteiger partial charge >= 0.3 is 0 Å². The maximum absolute atomic E-state index is 13.4. The van der Waals surface area contributed by atoms with E-state index in [4.69, 9.17) is 0 Å². The van der Waals surface area contributed by atoms with Crippen LogP contribution in [0.1, 0.15) is 50.2 Å². The minimum atomic E-state index is -0.177. The lowest BCUT2D eigenvalue weighted by Gasteiger charge is -2.30. The SMILES string of the molecule is CC(=O)CC1CCCCCN1Cc1cc(F)ccc1C. The molecule has 0 spiro atoms. The summed E-state index contributed by atoms with van der Waals surface area (Å²) in [6.45, 7) is 5.44. The van der Waals surface area contributed by atoms with E-state index in [1.807, 2.05) is 13.0 Å². The molecule has 2 rings (SSSR count). The molecule has 3 heteroatoms. The summed E-state index contributed by atoms with van der Waals surface area (Å²) in [4.78, 5) is 13.8. The second-order valence-corrected chi connectivity index (χ2v) is 5.95. The molecule has 1 aromatic carbocycles. The van der Waals surface area contributed by atoms with Crippen molar-refractivity contribution in [3.05, 3.63) is 35.1 Å². The summed E-state index contributed by atoms with van der Waals surface area (Å²) in [6, 6.07) is 5.29. The first-order valence-electron chi connectivity index (χ1n) is 7.55. The van der Waals surface area contributed by atoms with E-state index < -0.39 is 0 Å². The van der Waals surface area contributed by atoms with Gasteiger partial charge in [0.1, 0.15) is 11.6 Å². The number of nitrogens with zero attached hydrogens (tertiary/aromatic N) is 1. The number of aryl methyl sites for hydroxylation is 1. The molecular formula is C17H24FNO. The van der Waals surface area contributed by atoms with Gasteiger partial charge in [0.25, 0.3) is 0 Å². The first kappa shape index (κ1) is 15.2. The Balaban J connectivity index is 2.14. The zero-order valence-corrected chi connectivity index (χ0v) is 12.5. The fourth-order valence-corrected chi connectivity index (χ4v) is 3.04. The van der Waals surface area contributed by atoms with Crippen molar-refractivity contribution in [2.45, 2.75) is 58.5 Å². The molecular weight excluding hydrogens is 253 g/mol. The summed E-state index contributed by atoms with van der Waals surface area (Å²) in [5, 5.41) is 0. The van der Waals surface area contributed by atoms with Crippen LogP contribution in [-0.2, 0) is 11.3 Å². The van der Waals surface area contributed by atoms with E-state index in [1.165, 1.54) is 25.3 Å². The average Bonchev–Trinajstić information content (AvgIpc) is 2.59. The van der Waals surface area contributed by atoms with Crippen molar-refractivity contribution in [1.29, 1.82) is 0 Å². The number of carbonyl (C=O) groups excluding carboxylic acids is 1. The van der Waals surface area contributed by atoms with E-state index in [2.05, 4.69) is 4.90 Å². The highest BCUT2D eigenvalue weighted by atomic mass is 19.1. The summed E-state index contributed by atoms with van der Waals surface area (Å²) in [5.41, 5.74) is 2.16. The van der Waals surface area contributed by atoms with E-state index in [0.717, 1.165) is 30.6 Å². The largest absolute Gasteiger partial charge is 0.300 e. The number of hydrogen-bond donors (Lipinski definition) is 0. The van der Waals surface area contributed by atoms with Gasteiger partial charge in [0, 0.05) is 19.0 Å². The fraction of sp³-hybridized carbons (Fsp3) is 0.588. The Bertz CT molecular complexity index is 472. The van der Waals surface area contributed by atoms with Crippen molar-refractivity contribution in [3.63, 3.8) is 0 Å². The molecule has 1 unspecified atom stereocenters. The fourth-order valence-electron chi connectivity index (χ4n) is 3.04. The third kappa shape index (κ3) is 4.14. The van der Waals surface area contributed by atoms with Gasteiger partial charge in [-0.25, -0.2) is 4.39 Å². The van der Waals surface area contributed by atoms with Crippen LogP contribution >= 0.6 is 0 Å². The zero-order valence-electron chi connectivity index (χ0n) is 12.5. The van der Waals surface area contributed by atoms with E-state index in [-0.39, 0.29) is 11.6 Å². The minimum Gasteiger partial charge on any atom is -0.300 e. The summed E-state index contributed by atoms with van der Waals surface area (Å²) in [7, 11) is 0. The number of Topliss-reactive ketones (excluding diaryl/α,β-unsaturated/α-hetero) is 1. The number of benzene rings is 1. The average molecular weight is 277 g/mol. The van der Waals surface area contributed by atoms with Gasteiger partial charge in [0.15, 0.2) is 0 Å². The maximum Gasteiger partial charge on any atom is 0.131 e. The first-order chi connectivity index (χ1) is 9.56. The predicted molar refractivity (Wildman–Crippen MR) is 79.1 cm³/mol. The molecule has 0 radical (unpaired) electrons. The topological polar surface area (TPSA) is 20.3 Å². The number of rotatable bonds is 4. The van der Waals surface area contributed by atoms with Crippen molar-refractivity contribution in [3.8, 4) is 0 Å². The van der Waals surface area contributed by atoms with E-state index in [0.29, 0.717) is 12.5 Å². The highest BCUT2D eigenvalue weighted by Gasteiger charge is 2.22. The lowest BCUT2D eigenvalue weighted by molar-refractivity contribution is -0.118. The third-order valence-electron chi connectivity index (χ3n) is 4.21. The molecule has 0 N–H and O–H groups in total. The van der Waals surface area contributed by atoms with Crippen LogP contribution in [0.4, 0.5) is 4.39 Å². The van der Waals surface area contributed by atoms with Gasteiger partial charge in [-0.3, -0.25) is 9.69 Å². The van der Waals surface area contributed by atoms with Gasteiger partial charge < -0.3 is 0 Å². The Morgan fingerprint density at radius 2 is 2.15 bits per heavy atom. The zero-order chi connectivity index (χ0) is 14.5. The van der Waals surface area contributed by atoms with Crippen molar-refractivity contribution in [2.75, 3.05) is 6.54 Å². The predicted octanol–water partition coefficient (Wildman–Crippen LogP) is 3.86. The molecule has 1 saturated heterocycles. The molecule has 0 aliphatic carbocycles.